The molecule has 37 heavy (non-hydrogen) atoms. The fourth-order valence-corrected chi connectivity index (χ4v) is 5.61. The zero-order valence-electron chi connectivity index (χ0n) is 22.1. The molecule has 0 spiro atoms. The summed E-state index contributed by atoms with van der Waals surface area (Å²) in [6.45, 7) is 5.75. The summed E-state index contributed by atoms with van der Waals surface area (Å²) in [6, 6.07) is 16.0. The quantitative estimate of drug-likeness (QED) is 0.420. The molecule has 2 saturated heterocycles. The predicted molar refractivity (Wildman–Crippen MR) is 146 cm³/mol. The van der Waals surface area contributed by atoms with Crippen LogP contribution in [0.3, 0.4) is 0 Å². The third-order valence-corrected chi connectivity index (χ3v) is 7.69. The molecule has 3 aromatic rings. The van der Waals surface area contributed by atoms with Gasteiger partial charge in [-0.2, -0.15) is 0 Å². The van der Waals surface area contributed by atoms with E-state index in [9.17, 15) is 9.59 Å². The first-order chi connectivity index (χ1) is 18.0. The van der Waals surface area contributed by atoms with E-state index in [1.165, 1.54) is 41.7 Å². The second-order valence-electron chi connectivity index (χ2n) is 10.5. The number of carbonyl (C=O) groups excluding carboxylic acids is 2. The van der Waals surface area contributed by atoms with Gasteiger partial charge in [0.05, 0.1) is 6.61 Å². The fourth-order valence-electron chi connectivity index (χ4n) is 5.61. The molecule has 0 unspecified atom stereocenters. The Balaban J connectivity index is 1.16. The third-order valence-electron chi connectivity index (χ3n) is 7.69. The van der Waals surface area contributed by atoms with Crippen LogP contribution in [0.25, 0.3) is 10.9 Å². The number of ether oxygens (including phenoxy) is 1. The van der Waals surface area contributed by atoms with Crippen LogP contribution in [0.1, 0.15) is 58.9 Å². The van der Waals surface area contributed by atoms with Gasteiger partial charge in [0.1, 0.15) is 5.75 Å². The summed E-state index contributed by atoms with van der Waals surface area (Å²) in [5, 5.41) is 1.19. The van der Waals surface area contributed by atoms with Crippen molar-refractivity contribution in [2.45, 2.75) is 38.1 Å². The van der Waals surface area contributed by atoms with Crippen molar-refractivity contribution in [2.24, 2.45) is 0 Å². The van der Waals surface area contributed by atoms with Crippen molar-refractivity contribution in [1.82, 2.24) is 19.3 Å². The van der Waals surface area contributed by atoms with Gasteiger partial charge < -0.3 is 24.0 Å². The number of hydrogen-bond acceptors (Lipinski definition) is 4. The summed E-state index contributed by atoms with van der Waals surface area (Å²) in [5.41, 5.74) is 2.33. The first-order valence-electron chi connectivity index (χ1n) is 13.6. The number of benzene rings is 2. The normalized spacial score (nSPS) is 16.9. The third kappa shape index (κ3) is 5.82. The average Bonchev–Trinajstić information content (AvgIpc) is 3.60. The molecule has 2 aliphatic heterocycles. The topological polar surface area (TPSA) is 58.0 Å². The zero-order chi connectivity index (χ0) is 25.8. The SMILES string of the molecule is CN(C)C(=O)c1cccc(C(=O)N2CCC(n3ccc4cc(OCCCN5CCCC5)ccc43)CC2)c1. The van der Waals surface area contributed by atoms with E-state index in [1.54, 1.807) is 38.4 Å². The van der Waals surface area contributed by atoms with E-state index in [4.69, 9.17) is 4.74 Å². The van der Waals surface area contributed by atoms with Crippen molar-refractivity contribution in [3.8, 4) is 5.75 Å². The minimum absolute atomic E-state index is 0.00394. The summed E-state index contributed by atoms with van der Waals surface area (Å²) in [4.78, 5) is 31.4. The maximum atomic E-state index is 13.1. The summed E-state index contributed by atoms with van der Waals surface area (Å²) in [7, 11) is 3.44. The van der Waals surface area contributed by atoms with Crippen molar-refractivity contribution in [1.29, 1.82) is 0 Å². The molecule has 2 aromatic carbocycles. The van der Waals surface area contributed by atoms with Crippen LogP contribution < -0.4 is 4.74 Å². The Hall–Kier alpha value is -3.32. The van der Waals surface area contributed by atoms with Gasteiger partial charge in [0.25, 0.3) is 11.8 Å². The first-order valence-corrected chi connectivity index (χ1v) is 13.6. The van der Waals surface area contributed by atoms with Gasteiger partial charge in [-0.05, 0) is 87.7 Å². The molecular weight excluding hydrogens is 464 g/mol. The maximum absolute atomic E-state index is 13.1. The molecule has 0 atom stereocenters. The van der Waals surface area contributed by atoms with Crippen molar-refractivity contribution < 1.29 is 14.3 Å². The van der Waals surface area contributed by atoms with E-state index >= 15 is 0 Å². The lowest BCUT2D eigenvalue weighted by Crippen LogP contribution is -2.39. The highest BCUT2D eigenvalue weighted by Gasteiger charge is 2.26. The van der Waals surface area contributed by atoms with Gasteiger partial charge in [-0.15, -0.1) is 0 Å². The lowest BCUT2D eigenvalue weighted by atomic mass is 10.0. The van der Waals surface area contributed by atoms with Crippen molar-refractivity contribution >= 4 is 22.7 Å². The number of amides is 2. The molecule has 3 heterocycles. The lowest BCUT2D eigenvalue weighted by Gasteiger charge is -2.33. The molecule has 1 aromatic heterocycles. The van der Waals surface area contributed by atoms with Crippen molar-refractivity contribution in [3.63, 3.8) is 0 Å². The maximum Gasteiger partial charge on any atom is 0.253 e. The monoisotopic (exact) mass is 502 g/mol. The number of likely N-dealkylation sites (tertiary alicyclic amines) is 2. The number of rotatable bonds is 8. The Labute approximate surface area is 219 Å². The van der Waals surface area contributed by atoms with Crippen LogP contribution in [0.4, 0.5) is 0 Å². The fraction of sp³-hybridized carbons (Fsp3) is 0.467. The molecule has 0 N–H and O–H groups in total. The molecule has 2 aliphatic rings. The van der Waals surface area contributed by atoms with Crippen LogP contribution in [0, 0.1) is 0 Å². The lowest BCUT2D eigenvalue weighted by molar-refractivity contribution is 0.0696. The highest BCUT2D eigenvalue weighted by atomic mass is 16.5. The van der Waals surface area contributed by atoms with Crippen LogP contribution in [0.2, 0.25) is 0 Å². The second-order valence-corrected chi connectivity index (χ2v) is 10.5. The molecule has 0 bridgehead atoms. The van der Waals surface area contributed by atoms with E-state index in [0.717, 1.165) is 38.2 Å². The molecule has 2 amide bonds. The zero-order valence-corrected chi connectivity index (χ0v) is 22.1. The molecular formula is C30H38N4O3. The smallest absolute Gasteiger partial charge is 0.253 e. The Morgan fingerprint density at radius 3 is 2.46 bits per heavy atom. The number of nitrogens with zero attached hydrogens (tertiary/aromatic N) is 4. The number of piperidine rings is 1. The number of hydrogen-bond donors (Lipinski definition) is 0. The molecule has 0 saturated carbocycles. The second kappa shape index (κ2) is 11.4. The minimum Gasteiger partial charge on any atom is -0.494 e. The van der Waals surface area contributed by atoms with Crippen LogP contribution in [-0.2, 0) is 0 Å². The van der Waals surface area contributed by atoms with E-state index < -0.39 is 0 Å². The van der Waals surface area contributed by atoms with Gasteiger partial charge >= 0.3 is 0 Å². The molecule has 0 radical (unpaired) electrons. The van der Waals surface area contributed by atoms with Crippen LogP contribution in [-0.4, -0.2) is 84.5 Å². The molecule has 0 aliphatic carbocycles. The number of fused-ring (bicyclic) bond motifs is 1. The summed E-state index contributed by atoms with van der Waals surface area (Å²) in [5.74, 6) is 0.835. The van der Waals surface area contributed by atoms with E-state index in [1.807, 2.05) is 4.90 Å². The van der Waals surface area contributed by atoms with Crippen molar-refractivity contribution in [2.75, 3.05) is 53.4 Å². The molecule has 7 heteroatoms. The molecule has 7 nitrogen and oxygen atoms in total. The summed E-state index contributed by atoms with van der Waals surface area (Å²) < 4.78 is 8.40. The van der Waals surface area contributed by atoms with Gasteiger partial charge in [-0.3, -0.25) is 9.59 Å². The predicted octanol–water partition coefficient (Wildman–Crippen LogP) is 4.69. The molecule has 196 valence electrons. The van der Waals surface area contributed by atoms with Gasteiger partial charge in [-0.1, -0.05) is 6.07 Å². The minimum atomic E-state index is -0.0940. The van der Waals surface area contributed by atoms with Crippen LogP contribution in [0.5, 0.6) is 5.75 Å². The largest absolute Gasteiger partial charge is 0.494 e. The van der Waals surface area contributed by atoms with Crippen LogP contribution >= 0.6 is 0 Å². The van der Waals surface area contributed by atoms with Gasteiger partial charge in [0.15, 0.2) is 0 Å². The Bertz CT molecular complexity index is 1240. The number of aromatic nitrogens is 1. The summed E-state index contributed by atoms with van der Waals surface area (Å²) >= 11 is 0. The average molecular weight is 503 g/mol. The van der Waals surface area contributed by atoms with Crippen LogP contribution in [0.15, 0.2) is 54.7 Å². The van der Waals surface area contributed by atoms with E-state index in [2.05, 4.69) is 39.9 Å². The Kier molecular flexibility index (Phi) is 7.79. The highest BCUT2D eigenvalue weighted by Crippen LogP contribution is 2.30. The van der Waals surface area contributed by atoms with Crippen molar-refractivity contribution in [3.05, 3.63) is 65.9 Å². The Morgan fingerprint density at radius 1 is 0.946 bits per heavy atom. The standard InChI is InChI=1S/C30H38N4O3/c1-31(2)29(35)24-7-5-8-25(21-24)30(36)33-17-12-26(13-18-33)34-19-11-23-22-27(9-10-28(23)34)37-20-6-16-32-14-3-4-15-32/h5,7-11,19,21-22,26H,3-4,6,12-18,20H2,1-2H3. The molecule has 5 rings (SSSR count). The van der Waals surface area contributed by atoms with Gasteiger partial charge in [-0.25, -0.2) is 0 Å². The first kappa shape index (κ1) is 25.3. The summed E-state index contributed by atoms with van der Waals surface area (Å²) in [6.07, 6.45) is 7.70. The van der Waals surface area contributed by atoms with E-state index in [0.29, 0.717) is 30.3 Å². The van der Waals surface area contributed by atoms with Gasteiger partial charge in [0, 0.05) is 68.0 Å². The van der Waals surface area contributed by atoms with Gasteiger partial charge in [0.2, 0.25) is 0 Å². The molecule has 2 fully saturated rings. The number of carbonyl (C=O) groups is 2. The highest BCUT2D eigenvalue weighted by molar-refractivity contribution is 5.99. The van der Waals surface area contributed by atoms with E-state index in [-0.39, 0.29) is 11.8 Å². The Morgan fingerprint density at radius 2 is 1.70 bits per heavy atom.